The highest BCUT2D eigenvalue weighted by atomic mass is 16.4. The highest BCUT2D eigenvalue weighted by molar-refractivity contribution is 6.38. The maximum atomic E-state index is 12.9. The van der Waals surface area contributed by atoms with E-state index in [1.165, 1.54) is 0 Å². The van der Waals surface area contributed by atoms with Gasteiger partial charge in [-0.1, -0.05) is 52.3 Å². The number of rotatable bonds is 15. The Morgan fingerprint density at radius 2 is 1.65 bits per heavy atom. The predicted octanol–water partition coefficient (Wildman–Crippen LogP) is 0.579. The SMILES string of the molecule is CCC(C)C(NC(=O)C(CC(C)C)NC(=O)O)C(=O)C(=O)NCC(=O)NC(Cc1cc2ccccc2[nH]1)C(N)=O. The number of aromatic nitrogens is 1. The van der Waals surface area contributed by atoms with Crippen molar-refractivity contribution in [3.63, 3.8) is 0 Å². The van der Waals surface area contributed by atoms with Crippen LogP contribution in [0.25, 0.3) is 10.9 Å². The zero-order chi connectivity index (χ0) is 30.0. The first-order valence-electron chi connectivity index (χ1n) is 13.1. The standard InChI is InChI=1S/C27H38N6O7/c1-5-15(4)22(33-25(37)20(10-14(2)3)32-27(39)40)23(35)26(38)29-13-21(34)31-19(24(28)36)12-17-11-16-8-6-7-9-18(16)30-17/h6-9,11,14-15,19-20,22,30,32H,5,10,12-13H2,1-4H3,(H2,28,36)(H,29,38)(H,31,34)(H,33,37)(H,39,40). The van der Waals surface area contributed by atoms with Crippen molar-refractivity contribution < 1.29 is 33.9 Å². The highest BCUT2D eigenvalue weighted by Gasteiger charge is 2.33. The third-order valence-electron chi connectivity index (χ3n) is 6.44. The molecule has 13 heteroatoms. The minimum Gasteiger partial charge on any atom is -0.465 e. The minimum atomic E-state index is -1.39. The number of Topliss-reactive ketones (excluding diaryl/α,β-unsaturated/α-hetero) is 1. The Hall–Kier alpha value is -4.42. The zero-order valence-electron chi connectivity index (χ0n) is 23.1. The molecule has 0 aliphatic heterocycles. The van der Waals surface area contributed by atoms with Crippen molar-refractivity contribution in [2.75, 3.05) is 6.54 Å². The van der Waals surface area contributed by atoms with E-state index in [0.29, 0.717) is 12.1 Å². The Bertz CT molecular complexity index is 1210. The summed E-state index contributed by atoms with van der Waals surface area (Å²) in [6, 6.07) is 5.88. The lowest BCUT2D eigenvalue weighted by Gasteiger charge is -2.26. The first-order valence-corrected chi connectivity index (χ1v) is 13.1. The van der Waals surface area contributed by atoms with E-state index in [0.717, 1.165) is 10.9 Å². The highest BCUT2D eigenvalue weighted by Crippen LogP contribution is 2.16. The van der Waals surface area contributed by atoms with Crippen molar-refractivity contribution in [3.8, 4) is 0 Å². The Labute approximate surface area is 232 Å². The molecule has 0 saturated carbocycles. The second kappa shape index (κ2) is 14.7. The third kappa shape index (κ3) is 9.40. The molecule has 4 unspecified atom stereocenters. The molecule has 1 aromatic carbocycles. The zero-order valence-corrected chi connectivity index (χ0v) is 23.1. The van der Waals surface area contributed by atoms with Gasteiger partial charge in [0.05, 0.1) is 12.6 Å². The van der Waals surface area contributed by atoms with Gasteiger partial charge in [-0.15, -0.1) is 0 Å². The van der Waals surface area contributed by atoms with Crippen molar-refractivity contribution in [2.45, 2.75) is 65.1 Å². The molecular formula is C27H38N6O7. The number of ketones is 1. The van der Waals surface area contributed by atoms with Gasteiger partial charge in [0.25, 0.3) is 5.91 Å². The Morgan fingerprint density at radius 3 is 2.23 bits per heavy atom. The quantitative estimate of drug-likeness (QED) is 0.154. The van der Waals surface area contributed by atoms with E-state index in [9.17, 15) is 28.8 Å². The molecule has 2 rings (SSSR count). The number of benzene rings is 1. The van der Waals surface area contributed by atoms with Gasteiger partial charge in [0, 0.05) is 17.6 Å². The van der Waals surface area contributed by atoms with Crippen LogP contribution in [0.2, 0.25) is 0 Å². The maximum Gasteiger partial charge on any atom is 0.405 e. The van der Waals surface area contributed by atoms with E-state index >= 15 is 0 Å². The van der Waals surface area contributed by atoms with Crippen LogP contribution in [-0.4, -0.2) is 70.3 Å². The number of amides is 5. The van der Waals surface area contributed by atoms with Crippen LogP contribution in [0.1, 0.15) is 46.2 Å². The largest absolute Gasteiger partial charge is 0.465 e. The number of para-hydroxylation sites is 1. The summed E-state index contributed by atoms with van der Waals surface area (Å²) in [4.78, 5) is 77.1. The lowest BCUT2D eigenvalue weighted by Crippen LogP contribution is -2.56. The molecule has 218 valence electrons. The van der Waals surface area contributed by atoms with Gasteiger partial charge in [0.2, 0.25) is 23.5 Å². The lowest BCUT2D eigenvalue weighted by molar-refractivity contribution is -0.141. The van der Waals surface area contributed by atoms with Crippen molar-refractivity contribution in [1.82, 2.24) is 26.3 Å². The van der Waals surface area contributed by atoms with E-state index in [-0.39, 0.29) is 18.8 Å². The van der Waals surface area contributed by atoms with Crippen LogP contribution in [0.5, 0.6) is 0 Å². The summed E-state index contributed by atoms with van der Waals surface area (Å²) in [5, 5.41) is 19.3. The van der Waals surface area contributed by atoms with Crippen molar-refractivity contribution >= 4 is 46.4 Å². The fraction of sp³-hybridized carbons (Fsp3) is 0.481. The molecule has 4 atom stereocenters. The Balaban J connectivity index is 2.01. The number of carbonyl (C=O) groups excluding carboxylic acids is 5. The fourth-order valence-electron chi connectivity index (χ4n) is 4.13. The van der Waals surface area contributed by atoms with Gasteiger partial charge in [-0.25, -0.2) is 4.79 Å². The van der Waals surface area contributed by atoms with Gasteiger partial charge in [0.15, 0.2) is 0 Å². The van der Waals surface area contributed by atoms with E-state index in [4.69, 9.17) is 10.8 Å². The normalized spacial score (nSPS) is 14.0. The van der Waals surface area contributed by atoms with Gasteiger partial charge >= 0.3 is 6.09 Å². The van der Waals surface area contributed by atoms with Crippen LogP contribution >= 0.6 is 0 Å². The van der Waals surface area contributed by atoms with Crippen LogP contribution in [0.4, 0.5) is 4.79 Å². The Morgan fingerprint density at radius 1 is 0.975 bits per heavy atom. The van der Waals surface area contributed by atoms with Crippen LogP contribution in [0.3, 0.4) is 0 Å². The number of fused-ring (bicyclic) bond motifs is 1. The van der Waals surface area contributed by atoms with Crippen molar-refractivity contribution in [3.05, 3.63) is 36.0 Å². The van der Waals surface area contributed by atoms with E-state index in [2.05, 4.69) is 26.3 Å². The molecule has 1 aromatic heterocycles. The summed E-state index contributed by atoms with van der Waals surface area (Å²) in [5.41, 5.74) is 6.99. The van der Waals surface area contributed by atoms with Crippen molar-refractivity contribution in [2.24, 2.45) is 17.6 Å². The third-order valence-corrected chi connectivity index (χ3v) is 6.44. The molecule has 0 saturated heterocycles. The molecule has 40 heavy (non-hydrogen) atoms. The molecule has 2 aromatic rings. The van der Waals surface area contributed by atoms with E-state index < -0.39 is 66.1 Å². The monoisotopic (exact) mass is 558 g/mol. The lowest BCUT2D eigenvalue weighted by atomic mass is 9.94. The first-order chi connectivity index (χ1) is 18.8. The first kappa shape index (κ1) is 31.8. The van der Waals surface area contributed by atoms with Crippen LogP contribution in [0, 0.1) is 11.8 Å². The molecule has 0 bridgehead atoms. The topological polar surface area (TPSA) is 213 Å². The average molecular weight is 559 g/mol. The predicted molar refractivity (Wildman–Crippen MR) is 147 cm³/mol. The minimum absolute atomic E-state index is 0.0255. The number of H-pyrrole nitrogens is 1. The van der Waals surface area contributed by atoms with Crippen LogP contribution in [0.15, 0.2) is 30.3 Å². The second-order valence-electron chi connectivity index (χ2n) is 10.2. The number of aromatic amines is 1. The Kier molecular flexibility index (Phi) is 11.7. The van der Waals surface area contributed by atoms with Gasteiger partial charge < -0.3 is 37.1 Å². The van der Waals surface area contributed by atoms with E-state index in [1.807, 2.05) is 44.2 Å². The summed E-state index contributed by atoms with van der Waals surface area (Å²) < 4.78 is 0. The molecule has 0 aliphatic carbocycles. The van der Waals surface area contributed by atoms with Crippen LogP contribution < -0.4 is 27.0 Å². The summed E-state index contributed by atoms with van der Waals surface area (Å²) in [5.74, 6) is -4.84. The summed E-state index contributed by atoms with van der Waals surface area (Å²) in [6.07, 6.45) is -0.688. The van der Waals surface area contributed by atoms with Crippen LogP contribution in [-0.2, 0) is 30.4 Å². The fourth-order valence-corrected chi connectivity index (χ4v) is 4.13. The van der Waals surface area contributed by atoms with Crippen molar-refractivity contribution in [1.29, 1.82) is 0 Å². The van der Waals surface area contributed by atoms with Gasteiger partial charge in [-0.3, -0.25) is 24.0 Å². The number of hydrogen-bond acceptors (Lipinski definition) is 6. The molecule has 1 heterocycles. The number of nitrogens with two attached hydrogens (primary N) is 1. The number of carbonyl (C=O) groups is 6. The molecule has 8 N–H and O–H groups in total. The number of hydrogen-bond donors (Lipinski definition) is 7. The average Bonchev–Trinajstić information content (AvgIpc) is 3.30. The number of nitrogens with one attached hydrogen (secondary N) is 5. The second-order valence-corrected chi connectivity index (χ2v) is 10.2. The molecule has 0 spiro atoms. The van der Waals surface area contributed by atoms with Gasteiger partial charge in [-0.05, 0) is 35.8 Å². The maximum absolute atomic E-state index is 12.9. The molecule has 0 fully saturated rings. The smallest absolute Gasteiger partial charge is 0.405 e. The molecule has 0 radical (unpaired) electrons. The molecular weight excluding hydrogens is 520 g/mol. The number of carboxylic acid groups (broad SMARTS) is 1. The summed E-state index contributed by atoms with van der Waals surface area (Å²) in [7, 11) is 0. The summed E-state index contributed by atoms with van der Waals surface area (Å²) >= 11 is 0. The molecule has 5 amide bonds. The molecule has 13 nitrogen and oxygen atoms in total. The van der Waals surface area contributed by atoms with Gasteiger partial charge in [0.1, 0.15) is 12.1 Å². The summed E-state index contributed by atoms with van der Waals surface area (Å²) in [6.45, 7) is 6.43. The van der Waals surface area contributed by atoms with Gasteiger partial charge in [-0.2, -0.15) is 0 Å². The molecule has 0 aliphatic rings. The van der Waals surface area contributed by atoms with E-state index in [1.54, 1.807) is 13.8 Å². The number of primary amides is 1.